The van der Waals surface area contributed by atoms with Crippen LogP contribution in [0.5, 0.6) is 5.75 Å². The summed E-state index contributed by atoms with van der Waals surface area (Å²) in [7, 11) is 0. The second-order valence-electron chi connectivity index (χ2n) is 5.98. The summed E-state index contributed by atoms with van der Waals surface area (Å²) in [5.41, 5.74) is 0.759. The van der Waals surface area contributed by atoms with Gasteiger partial charge in [-0.1, -0.05) is 51.2 Å². The predicted octanol–water partition coefficient (Wildman–Crippen LogP) is 3.34. The van der Waals surface area contributed by atoms with Gasteiger partial charge in [0, 0.05) is 0 Å². The van der Waals surface area contributed by atoms with Crippen LogP contribution in [0.15, 0.2) is 29.8 Å². The van der Waals surface area contributed by atoms with Gasteiger partial charge in [0.1, 0.15) is 11.3 Å². The van der Waals surface area contributed by atoms with Gasteiger partial charge in [-0.25, -0.2) is 0 Å². The Morgan fingerprint density at radius 2 is 1.72 bits per heavy atom. The van der Waals surface area contributed by atoms with Gasteiger partial charge >= 0.3 is 0 Å². The Morgan fingerprint density at radius 3 is 2.44 bits per heavy atom. The summed E-state index contributed by atoms with van der Waals surface area (Å²) in [6, 6.07) is 7.34. The number of thiocarbonyl (C=S) groups is 1. The van der Waals surface area contributed by atoms with Crippen LogP contribution in [0.1, 0.15) is 51.0 Å². The fourth-order valence-electron chi connectivity index (χ4n) is 2.54. The molecule has 2 rings (SSSR count). The molecule has 1 aliphatic heterocycles. The molecule has 25 heavy (non-hydrogen) atoms. The summed E-state index contributed by atoms with van der Waals surface area (Å²) in [5.74, 6) is -0.255. The third-order valence-electron chi connectivity index (χ3n) is 3.88. The van der Waals surface area contributed by atoms with Crippen LogP contribution in [-0.2, 0) is 9.59 Å². The molecular weight excluding hydrogens is 336 g/mol. The second-order valence-corrected chi connectivity index (χ2v) is 6.39. The van der Waals surface area contributed by atoms with Gasteiger partial charge in [-0.2, -0.15) is 0 Å². The van der Waals surface area contributed by atoms with Gasteiger partial charge in [0.2, 0.25) is 0 Å². The number of ether oxygens (including phenoxy) is 1. The molecular formula is C19H24N2O3S. The van der Waals surface area contributed by atoms with Gasteiger partial charge in [-0.15, -0.1) is 0 Å². The van der Waals surface area contributed by atoms with E-state index in [1.807, 2.05) is 24.3 Å². The van der Waals surface area contributed by atoms with Crippen molar-refractivity contribution < 1.29 is 14.3 Å². The summed E-state index contributed by atoms with van der Waals surface area (Å²) in [6.45, 7) is 2.88. The fourth-order valence-corrected chi connectivity index (χ4v) is 2.72. The van der Waals surface area contributed by atoms with Crippen molar-refractivity contribution in [3.63, 3.8) is 0 Å². The molecule has 2 amide bonds. The van der Waals surface area contributed by atoms with Gasteiger partial charge in [0.05, 0.1) is 6.61 Å². The molecule has 1 saturated heterocycles. The first-order chi connectivity index (χ1) is 12.1. The summed E-state index contributed by atoms with van der Waals surface area (Å²) >= 11 is 4.78. The summed E-state index contributed by atoms with van der Waals surface area (Å²) in [6.07, 6.45) is 8.80. The third-order valence-corrected chi connectivity index (χ3v) is 4.08. The SMILES string of the molecule is CCCCCCCCOc1cccc(C=C2C(=O)NC(=S)NC2=O)c1. The van der Waals surface area contributed by atoms with E-state index in [0.29, 0.717) is 6.61 Å². The molecule has 1 aromatic carbocycles. The van der Waals surface area contributed by atoms with Crippen LogP contribution < -0.4 is 15.4 Å². The zero-order valence-electron chi connectivity index (χ0n) is 14.5. The van der Waals surface area contributed by atoms with Crippen molar-refractivity contribution in [1.29, 1.82) is 0 Å². The number of carbonyl (C=O) groups excluding carboxylic acids is 2. The number of rotatable bonds is 9. The lowest BCUT2D eigenvalue weighted by Crippen LogP contribution is -2.51. The smallest absolute Gasteiger partial charge is 0.263 e. The van der Waals surface area contributed by atoms with E-state index in [2.05, 4.69) is 17.6 Å². The minimum Gasteiger partial charge on any atom is -0.494 e. The zero-order chi connectivity index (χ0) is 18.1. The van der Waals surface area contributed by atoms with Crippen molar-refractivity contribution in [2.45, 2.75) is 45.4 Å². The lowest BCUT2D eigenvalue weighted by atomic mass is 10.1. The van der Waals surface area contributed by atoms with Crippen LogP contribution in [0, 0.1) is 0 Å². The Hall–Kier alpha value is -2.21. The zero-order valence-corrected chi connectivity index (χ0v) is 15.3. The highest BCUT2D eigenvalue weighted by Gasteiger charge is 2.25. The maximum Gasteiger partial charge on any atom is 0.263 e. The molecule has 0 aromatic heterocycles. The molecule has 5 nitrogen and oxygen atoms in total. The largest absolute Gasteiger partial charge is 0.494 e. The second kappa shape index (κ2) is 9.93. The molecule has 0 aliphatic carbocycles. The Bertz CT molecular complexity index is 648. The quantitative estimate of drug-likeness (QED) is 0.307. The number of hydrogen-bond acceptors (Lipinski definition) is 4. The maximum atomic E-state index is 11.9. The molecule has 0 bridgehead atoms. The maximum absolute atomic E-state index is 11.9. The number of nitrogens with one attached hydrogen (secondary N) is 2. The molecule has 6 heteroatoms. The summed E-state index contributed by atoms with van der Waals surface area (Å²) in [4.78, 5) is 23.7. The van der Waals surface area contributed by atoms with Crippen LogP contribution in [0.25, 0.3) is 6.08 Å². The van der Waals surface area contributed by atoms with E-state index in [-0.39, 0.29) is 10.7 Å². The minimum atomic E-state index is -0.493. The standard InChI is InChI=1S/C19H24N2O3S/c1-2-3-4-5-6-7-11-24-15-10-8-9-14(12-15)13-16-17(22)20-19(25)21-18(16)23/h8-10,12-13H,2-7,11H2,1H3,(H2,20,21,22,23,25). The normalized spacial score (nSPS) is 14.1. The number of benzene rings is 1. The fraction of sp³-hybridized carbons (Fsp3) is 0.421. The van der Waals surface area contributed by atoms with E-state index in [0.717, 1.165) is 17.7 Å². The Morgan fingerprint density at radius 1 is 1.04 bits per heavy atom. The molecule has 0 saturated carbocycles. The number of unbranched alkanes of at least 4 members (excludes halogenated alkanes) is 5. The van der Waals surface area contributed by atoms with Gasteiger partial charge in [-0.3, -0.25) is 20.2 Å². The van der Waals surface area contributed by atoms with Crippen LogP contribution in [0.4, 0.5) is 0 Å². The third kappa shape index (κ3) is 6.31. The topological polar surface area (TPSA) is 67.4 Å². The van der Waals surface area contributed by atoms with Crippen LogP contribution in [-0.4, -0.2) is 23.5 Å². The lowest BCUT2D eigenvalue weighted by molar-refractivity contribution is -0.123. The predicted molar refractivity (Wildman–Crippen MR) is 102 cm³/mol. The summed E-state index contributed by atoms with van der Waals surface area (Å²) in [5, 5.41) is 4.87. The first kappa shape index (κ1) is 19.1. The average molecular weight is 360 g/mol. The molecule has 1 heterocycles. The van der Waals surface area contributed by atoms with E-state index < -0.39 is 11.8 Å². The van der Waals surface area contributed by atoms with Crippen molar-refractivity contribution in [3.05, 3.63) is 35.4 Å². The van der Waals surface area contributed by atoms with E-state index in [9.17, 15) is 9.59 Å². The molecule has 1 aliphatic rings. The molecule has 1 aromatic rings. The minimum absolute atomic E-state index is 0.0293. The van der Waals surface area contributed by atoms with E-state index >= 15 is 0 Å². The van der Waals surface area contributed by atoms with E-state index in [4.69, 9.17) is 17.0 Å². The lowest BCUT2D eigenvalue weighted by Gasteiger charge is -2.16. The molecule has 2 N–H and O–H groups in total. The van der Waals surface area contributed by atoms with Gasteiger partial charge in [0.15, 0.2) is 5.11 Å². The van der Waals surface area contributed by atoms with Gasteiger partial charge in [0.25, 0.3) is 11.8 Å². The molecule has 0 radical (unpaired) electrons. The van der Waals surface area contributed by atoms with E-state index in [1.54, 1.807) is 0 Å². The van der Waals surface area contributed by atoms with E-state index in [1.165, 1.54) is 38.2 Å². The number of hydrogen-bond donors (Lipinski definition) is 2. The Balaban J connectivity index is 1.88. The molecule has 134 valence electrons. The molecule has 0 atom stereocenters. The van der Waals surface area contributed by atoms with Crippen molar-refractivity contribution in [3.8, 4) is 5.75 Å². The summed E-state index contributed by atoms with van der Waals surface area (Å²) < 4.78 is 5.76. The highest BCUT2D eigenvalue weighted by Crippen LogP contribution is 2.17. The first-order valence-corrected chi connectivity index (χ1v) is 9.12. The molecule has 0 spiro atoms. The monoisotopic (exact) mass is 360 g/mol. The van der Waals surface area contributed by atoms with Gasteiger partial charge < -0.3 is 4.74 Å². The van der Waals surface area contributed by atoms with Gasteiger partial charge in [-0.05, 0) is 42.4 Å². The number of amides is 2. The Kier molecular flexibility index (Phi) is 7.60. The Labute approximate surface area is 153 Å². The van der Waals surface area contributed by atoms with Crippen molar-refractivity contribution >= 4 is 35.2 Å². The number of carbonyl (C=O) groups is 2. The van der Waals surface area contributed by atoms with Crippen LogP contribution in [0.3, 0.4) is 0 Å². The average Bonchev–Trinajstić information content (AvgIpc) is 2.58. The highest BCUT2D eigenvalue weighted by atomic mass is 32.1. The first-order valence-electron chi connectivity index (χ1n) is 8.71. The van der Waals surface area contributed by atoms with Crippen molar-refractivity contribution in [2.75, 3.05) is 6.61 Å². The van der Waals surface area contributed by atoms with Crippen molar-refractivity contribution in [1.82, 2.24) is 10.6 Å². The van der Waals surface area contributed by atoms with Crippen LogP contribution in [0.2, 0.25) is 0 Å². The molecule has 0 unspecified atom stereocenters. The van der Waals surface area contributed by atoms with Crippen LogP contribution >= 0.6 is 12.2 Å². The highest BCUT2D eigenvalue weighted by molar-refractivity contribution is 7.80. The molecule has 1 fully saturated rings. The van der Waals surface area contributed by atoms with Crippen molar-refractivity contribution in [2.24, 2.45) is 0 Å².